The lowest BCUT2D eigenvalue weighted by atomic mass is 9.92. The first kappa shape index (κ1) is 15.2. The largest absolute Gasteiger partial charge is 0.394 e. The minimum absolute atomic E-state index is 0.0811. The third-order valence-corrected chi connectivity index (χ3v) is 3.86. The van der Waals surface area contributed by atoms with E-state index < -0.39 is 5.54 Å². The predicted octanol–water partition coefficient (Wildman–Crippen LogP) is 4.62. The molecular weight excluding hydrogens is 293 g/mol. The Morgan fingerprint density at radius 2 is 1.75 bits per heavy atom. The summed E-state index contributed by atoms with van der Waals surface area (Å²) in [5, 5.41) is 14.2. The smallest absolute Gasteiger partial charge is 0.0842 e. The zero-order chi connectivity index (χ0) is 14.8. The molecule has 2 N–H and O–H groups in total. The van der Waals surface area contributed by atoms with Crippen molar-refractivity contribution in [1.29, 1.82) is 0 Å². The van der Waals surface area contributed by atoms with Crippen molar-refractivity contribution >= 4 is 28.9 Å². The van der Waals surface area contributed by atoms with Crippen LogP contribution in [0.3, 0.4) is 0 Å². The van der Waals surface area contributed by atoms with Crippen molar-refractivity contribution in [2.24, 2.45) is 0 Å². The van der Waals surface area contributed by atoms with Crippen LogP contribution in [0.5, 0.6) is 0 Å². The van der Waals surface area contributed by atoms with Crippen LogP contribution in [0.2, 0.25) is 10.0 Å². The lowest BCUT2D eigenvalue weighted by Gasteiger charge is -2.31. The first-order chi connectivity index (χ1) is 9.44. The van der Waals surface area contributed by atoms with Gasteiger partial charge in [-0.2, -0.15) is 0 Å². The number of benzene rings is 2. The molecule has 0 fully saturated rings. The molecule has 0 spiro atoms. The van der Waals surface area contributed by atoms with Gasteiger partial charge in [0.1, 0.15) is 0 Å². The van der Waals surface area contributed by atoms with Gasteiger partial charge in [-0.15, -0.1) is 0 Å². The van der Waals surface area contributed by atoms with Crippen molar-refractivity contribution in [3.8, 4) is 0 Å². The highest BCUT2D eigenvalue weighted by molar-refractivity contribution is 6.35. The Hall–Kier alpha value is -1.22. The molecule has 0 amide bonds. The number of aryl methyl sites for hydroxylation is 1. The van der Waals surface area contributed by atoms with Crippen molar-refractivity contribution in [2.45, 2.75) is 19.4 Å². The molecule has 0 aromatic heterocycles. The zero-order valence-corrected chi connectivity index (χ0v) is 13.0. The van der Waals surface area contributed by atoms with E-state index in [2.05, 4.69) is 5.32 Å². The molecule has 0 bridgehead atoms. The topological polar surface area (TPSA) is 32.3 Å². The van der Waals surface area contributed by atoms with Gasteiger partial charge < -0.3 is 10.4 Å². The van der Waals surface area contributed by atoms with Crippen molar-refractivity contribution in [2.75, 3.05) is 11.9 Å². The normalized spacial score (nSPS) is 13.8. The number of aliphatic hydroxyl groups excluding tert-OH is 1. The number of hydrogen-bond acceptors (Lipinski definition) is 2. The van der Waals surface area contributed by atoms with Gasteiger partial charge in [-0.25, -0.2) is 0 Å². The number of nitrogens with one attached hydrogen (secondary N) is 1. The zero-order valence-electron chi connectivity index (χ0n) is 11.5. The highest BCUT2D eigenvalue weighted by Gasteiger charge is 2.28. The average Bonchev–Trinajstić information content (AvgIpc) is 2.41. The SMILES string of the molecule is Cc1ccc(NC(C)(CO)c2ccc(Cl)cc2Cl)cc1. The third kappa shape index (κ3) is 3.26. The molecule has 0 aliphatic heterocycles. The first-order valence-electron chi connectivity index (χ1n) is 6.36. The first-order valence-corrected chi connectivity index (χ1v) is 7.11. The Bertz CT molecular complexity index is 598. The van der Waals surface area contributed by atoms with Crippen LogP contribution in [0.4, 0.5) is 5.69 Å². The predicted molar refractivity (Wildman–Crippen MR) is 85.7 cm³/mol. The Labute approximate surface area is 129 Å². The van der Waals surface area contributed by atoms with Crippen LogP contribution in [-0.2, 0) is 5.54 Å². The van der Waals surface area contributed by atoms with E-state index in [0.717, 1.165) is 11.3 Å². The third-order valence-electron chi connectivity index (χ3n) is 3.31. The highest BCUT2D eigenvalue weighted by Crippen LogP contribution is 2.33. The monoisotopic (exact) mass is 309 g/mol. The molecule has 0 aliphatic carbocycles. The van der Waals surface area contributed by atoms with E-state index in [1.165, 1.54) is 5.56 Å². The Balaban J connectivity index is 2.35. The summed E-state index contributed by atoms with van der Waals surface area (Å²) in [6.07, 6.45) is 0. The number of anilines is 1. The fraction of sp³-hybridized carbons (Fsp3) is 0.250. The van der Waals surface area contributed by atoms with E-state index in [1.807, 2.05) is 44.2 Å². The lowest BCUT2D eigenvalue weighted by molar-refractivity contribution is 0.224. The van der Waals surface area contributed by atoms with Gasteiger partial charge in [-0.1, -0.05) is 47.0 Å². The molecule has 1 unspecified atom stereocenters. The molecular formula is C16H17Cl2NO. The second-order valence-corrected chi connectivity index (χ2v) is 5.95. The minimum atomic E-state index is -0.670. The van der Waals surface area contributed by atoms with Gasteiger partial charge in [0, 0.05) is 15.7 Å². The maximum absolute atomic E-state index is 9.79. The summed E-state index contributed by atoms with van der Waals surface area (Å²) in [6, 6.07) is 13.3. The van der Waals surface area contributed by atoms with E-state index in [1.54, 1.807) is 12.1 Å². The fourth-order valence-corrected chi connectivity index (χ4v) is 2.70. The van der Waals surface area contributed by atoms with Crippen LogP contribution in [0.15, 0.2) is 42.5 Å². The summed E-state index contributed by atoms with van der Waals surface area (Å²) in [4.78, 5) is 0. The highest BCUT2D eigenvalue weighted by atomic mass is 35.5. The summed E-state index contributed by atoms with van der Waals surface area (Å²) in [6.45, 7) is 3.86. The number of halogens is 2. The van der Waals surface area contributed by atoms with Crippen LogP contribution in [-0.4, -0.2) is 11.7 Å². The lowest BCUT2D eigenvalue weighted by Crippen LogP contribution is -2.36. The Morgan fingerprint density at radius 1 is 1.10 bits per heavy atom. The van der Waals surface area contributed by atoms with Crippen molar-refractivity contribution < 1.29 is 5.11 Å². The quantitative estimate of drug-likeness (QED) is 0.863. The molecule has 0 radical (unpaired) electrons. The van der Waals surface area contributed by atoms with Gasteiger partial charge in [0.05, 0.1) is 12.1 Å². The summed E-state index contributed by atoms with van der Waals surface area (Å²) < 4.78 is 0. The molecule has 4 heteroatoms. The maximum Gasteiger partial charge on any atom is 0.0842 e. The van der Waals surface area contributed by atoms with Gasteiger partial charge in [-0.05, 0) is 43.7 Å². The van der Waals surface area contributed by atoms with E-state index >= 15 is 0 Å². The summed E-state index contributed by atoms with van der Waals surface area (Å²) in [5.74, 6) is 0. The number of hydrogen-bond donors (Lipinski definition) is 2. The fourth-order valence-electron chi connectivity index (χ4n) is 2.08. The maximum atomic E-state index is 9.79. The van der Waals surface area contributed by atoms with Crippen LogP contribution < -0.4 is 5.32 Å². The van der Waals surface area contributed by atoms with Crippen LogP contribution >= 0.6 is 23.2 Å². The van der Waals surface area contributed by atoms with Gasteiger partial charge in [0.15, 0.2) is 0 Å². The van der Waals surface area contributed by atoms with Crippen molar-refractivity contribution in [3.05, 3.63) is 63.6 Å². The average molecular weight is 310 g/mol. The molecule has 2 aromatic rings. The molecule has 2 aromatic carbocycles. The van der Waals surface area contributed by atoms with Crippen molar-refractivity contribution in [3.63, 3.8) is 0 Å². The second-order valence-electron chi connectivity index (χ2n) is 5.11. The van der Waals surface area contributed by atoms with E-state index in [9.17, 15) is 5.11 Å². The molecule has 2 nitrogen and oxygen atoms in total. The second kappa shape index (κ2) is 6.04. The van der Waals surface area contributed by atoms with E-state index in [-0.39, 0.29) is 6.61 Å². The molecule has 106 valence electrons. The van der Waals surface area contributed by atoms with Gasteiger partial charge in [0.25, 0.3) is 0 Å². The van der Waals surface area contributed by atoms with E-state index in [0.29, 0.717) is 10.0 Å². The molecule has 0 saturated heterocycles. The Kier molecular flexibility index (Phi) is 4.59. The number of rotatable bonds is 4. The molecule has 0 heterocycles. The van der Waals surface area contributed by atoms with Crippen LogP contribution in [0.1, 0.15) is 18.1 Å². The van der Waals surface area contributed by atoms with Gasteiger partial charge in [-0.3, -0.25) is 0 Å². The van der Waals surface area contributed by atoms with Gasteiger partial charge >= 0.3 is 0 Å². The molecule has 0 aliphatic rings. The standard InChI is InChI=1S/C16H17Cl2NO/c1-11-3-6-13(7-4-11)19-16(2,10-20)14-8-5-12(17)9-15(14)18/h3-9,19-20H,10H2,1-2H3. The summed E-state index contributed by atoms with van der Waals surface area (Å²) in [7, 11) is 0. The van der Waals surface area contributed by atoms with Crippen LogP contribution in [0.25, 0.3) is 0 Å². The van der Waals surface area contributed by atoms with Crippen LogP contribution in [0, 0.1) is 6.92 Å². The minimum Gasteiger partial charge on any atom is -0.394 e. The molecule has 0 saturated carbocycles. The Morgan fingerprint density at radius 3 is 2.30 bits per heavy atom. The summed E-state index contributed by atoms with van der Waals surface area (Å²) in [5.41, 5.74) is 2.26. The molecule has 1 atom stereocenters. The molecule has 2 rings (SSSR count). The van der Waals surface area contributed by atoms with Crippen molar-refractivity contribution in [1.82, 2.24) is 0 Å². The van der Waals surface area contributed by atoms with Gasteiger partial charge in [0.2, 0.25) is 0 Å². The summed E-state index contributed by atoms with van der Waals surface area (Å²) >= 11 is 12.2. The van der Waals surface area contributed by atoms with E-state index in [4.69, 9.17) is 23.2 Å². The number of aliphatic hydroxyl groups is 1. The molecule has 20 heavy (non-hydrogen) atoms.